The highest BCUT2D eigenvalue weighted by Gasteiger charge is 2.09. The quantitative estimate of drug-likeness (QED) is 0.880. The summed E-state index contributed by atoms with van der Waals surface area (Å²) in [7, 11) is 1.51. The first-order valence-corrected chi connectivity index (χ1v) is 7.04. The van der Waals surface area contributed by atoms with Crippen molar-refractivity contribution < 1.29 is 14.6 Å². The maximum atomic E-state index is 12.0. The Morgan fingerprint density at radius 3 is 2.75 bits per heavy atom. The molecule has 0 heterocycles. The lowest BCUT2D eigenvalue weighted by Crippen LogP contribution is -2.34. The summed E-state index contributed by atoms with van der Waals surface area (Å²) in [5.41, 5.74) is 0.574. The van der Waals surface area contributed by atoms with Crippen LogP contribution in [0, 0.1) is 0 Å². The molecule has 2 aromatic carbocycles. The standard InChI is InChI=1S/C15H16BrNO3/c1-20-9-14(18)8-17-15(19)12-3-2-11-7-13(16)5-4-10(11)6-12/h2-7,14,18H,8-9H2,1H3,(H,17,19). The van der Waals surface area contributed by atoms with E-state index in [1.807, 2.05) is 30.3 Å². The summed E-state index contributed by atoms with van der Waals surface area (Å²) in [5.74, 6) is -0.204. The Bertz CT molecular complexity index is 615. The summed E-state index contributed by atoms with van der Waals surface area (Å²) in [4.78, 5) is 12.0. The second-order valence-electron chi connectivity index (χ2n) is 4.53. The highest BCUT2D eigenvalue weighted by molar-refractivity contribution is 9.10. The van der Waals surface area contributed by atoms with E-state index in [1.54, 1.807) is 6.07 Å². The van der Waals surface area contributed by atoms with E-state index in [0.717, 1.165) is 15.2 Å². The van der Waals surface area contributed by atoms with Gasteiger partial charge in [0, 0.05) is 23.7 Å². The minimum atomic E-state index is -0.694. The number of nitrogens with one attached hydrogen (secondary N) is 1. The van der Waals surface area contributed by atoms with E-state index < -0.39 is 6.10 Å². The normalized spacial score (nSPS) is 12.3. The van der Waals surface area contributed by atoms with Gasteiger partial charge in [-0.25, -0.2) is 0 Å². The Balaban J connectivity index is 2.08. The van der Waals surface area contributed by atoms with E-state index in [1.165, 1.54) is 7.11 Å². The van der Waals surface area contributed by atoms with Crippen LogP contribution in [-0.4, -0.2) is 37.4 Å². The molecule has 4 nitrogen and oxygen atoms in total. The van der Waals surface area contributed by atoms with Crippen LogP contribution in [0.3, 0.4) is 0 Å². The van der Waals surface area contributed by atoms with E-state index in [2.05, 4.69) is 21.2 Å². The lowest BCUT2D eigenvalue weighted by atomic mass is 10.1. The van der Waals surface area contributed by atoms with Crippen LogP contribution in [-0.2, 0) is 4.74 Å². The molecule has 1 unspecified atom stereocenters. The molecule has 20 heavy (non-hydrogen) atoms. The van der Waals surface area contributed by atoms with Gasteiger partial charge in [-0.2, -0.15) is 0 Å². The molecule has 0 spiro atoms. The molecule has 0 aliphatic carbocycles. The van der Waals surface area contributed by atoms with Gasteiger partial charge in [-0.05, 0) is 35.0 Å². The summed E-state index contributed by atoms with van der Waals surface area (Å²) in [6.45, 7) is 0.372. The number of amides is 1. The Kier molecular flexibility index (Phi) is 5.11. The van der Waals surface area contributed by atoms with Gasteiger partial charge >= 0.3 is 0 Å². The molecule has 5 heteroatoms. The van der Waals surface area contributed by atoms with E-state index in [-0.39, 0.29) is 19.1 Å². The molecule has 106 valence electrons. The van der Waals surface area contributed by atoms with Crippen LogP contribution >= 0.6 is 15.9 Å². The van der Waals surface area contributed by atoms with E-state index in [4.69, 9.17) is 4.74 Å². The SMILES string of the molecule is COCC(O)CNC(=O)c1ccc2cc(Br)ccc2c1. The molecule has 0 aromatic heterocycles. The first kappa shape index (κ1) is 15.0. The molecule has 0 bridgehead atoms. The number of ether oxygens (including phenoxy) is 1. The Morgan fingerprint density at radius 2 is 2.00 bits per heavy atom. The summed E-state index contributed by atoms with van der Waals surface area (Å²) in [6.07, 6.45) is -0.694. The van der Waals surface area contributed by atoms with Gasteiger partial charge < -0.3 is 15.2 Å². The second-order valence-corrected chi connectivity index (χ2v) is 5.44. The second kappa shape index (κ2) is 6.83. The highest BCUT2D eigenvalue weighted by Crippen LogP contribution is 2.20. The van der Waals surface area contributed by atoms with Crippen molar-refractivity contribution in [2.45, 2.75) is 6.10 Å². The predicted molar refractivity (Wildman–Crippen MR) is 81.9 cm³/mol. The van der Waals surface area contributed by atoms with Crippen molar-refractivity contribution in [3.8, 4) is 0 Å². The Hall–Kier alpha value is -1.43. The van der Waals surface area contributed by atoms with Crippen molar-refractivity contribution in [3.63, 3.8) is 0 Å². The molecule has 2 N–H and O–H groups in total. The molecule has 2 aromatic rings. The van der Waals surface area contributed by atoms with Crippen molar-refractivity contribution in [3.05, 3.63) is 46.4 Å². The molecule has 1 atom stereocenters. The van der Waals surface area contributed by atoms with Crippen LogP contribution in [0.5, 0.6) is 0 Å². The first-order valence-electron chi connectivity index (χ1n) is 6.24. The summed E-state index contributed by atoms with van der Waals surface area (Å²) >= 11 is 3.42. The van der Waals surface area contributed by atoms with Crippen molar-refractivity contribution in [1.82, 2.24) is 5.32 Å². The highest BCUT2D eigenvalue weighted by atomic mass is 79.9. The molecular formula is C15H16BrNO3. The largest absolute Gasteiger partial charge is 0.389 e. The Morgan fingerprint density at radius 1 is 1.30 bits per heavy atom. The fourth-order valence-corrected chi connectivity index (χ4v) is 2.30. The van der Waals surface area contributed by atoms with Gasteiger partial charge in [0.25, 0.3) is 5.91 Å². The van der Waals surface area contributed by atoms with E-state index in [9.17, 15) is 9.90 Å². The maximum Gasteiger partial charge on any atom is 0.251 e. The van der Waals surface area contributed by atoms with Gasteiger partial charge in [0.2, 0.25) is 0 Å². The predicted octanol–water partition coefficient (Wildman–Crippen LogP) is 2.34. The molecule has 0 saturated heterocycles. The fourth-order valence-electron chi connectivity index (χ4n) is 1.92. The molecule has 0 aliphatic heterocycles. The van der Waals surface area contributed by atoms with Gasteiger partial charge in [0.05, 0.1) is 12.7 Å². The van der Waals surface area contributed by atoms with Crippen molar-refractivity contribution >= 4 is 32.6 Å². The van der Waals surface area contributed by atoms with Gasteiger partial charge in [-0.1, -0.05) is 28.1 Å². The van der Waals surface area contributed by atoms with E-state index in [0.29, 0.717) is 5.56 Å². The number of rotatable bonds is 5. The van der Waals surface area contributed by atoms with Crippen LogP contribution < -0.4 is 5.32 Å². The van der Waals surface area contributed by atoms with Crippen LogP contribution in [0.25, 0.3) is 10.8 Å². The number of hydrogen-bond donors (Lipinski definition) is 2. The summed E-state index contributed by atoms with van der Waals surface area (Å²) in [6, 6.07) is 11.4. The molecule has 0 aliphatic rings. The molecule has 1 amide bonds. The van der Waals surface area contributed by atoms with Crippen molar-refractivity contribution in [2.24, 2.45) is 0 Å². The van der Waals surface area contributed by atoms with Gasteiger partial charge in [-0.3, -0.25) is 4.79 Å². The number of carbonyl (C=O) groups is 1. The van der Waals surface area contributed by atoms with Crippen molar-refractivity contribution in [2.75, 3.05) is 20.3 Å². The zero-order valence-electron chi connectivity index (χ0n) is 11.1. The minimum absolute atomic E-state index is 0.172. The van der Waals surface area contributed by atoms with Gasteiger partial charge in [0.15, 0.2) is 0 Å². The smallest absolute Gasteiger partial charge is 0.251 e. The summed E-state index contributed by atoms with van der Waals surface area (Å²) < 4.78 is 5.81. The molecule has 2 rings (SSSR count). The average molecular weight is 338 g/mol. The monoisotopic (exact) mass is 337 g/mol. The Labute approximate surface area is 125 Å². The van der Waals surface area contributed by atoms with E-state index >= 15 is 0 Å². The molecular weight excluding hydrogens is 322 g/mol. The lowest BCUT2D eigenvalue weighted by Gasteiger charge is -2.11. The van der Waals surface area contributed by atoms with Crippen LogP contribution in [0.1, 0.15) is 10.4 Å². The van der Waals surface area contributed by atoms with Crippen LogP contribution in [0.4, 0.5) is 0 Å². The third-order valence-corrected chi connectivity index (χ3v) is 3.42. The maximum absolute atomic E-state index is 12.0. The van der Waals surface area contributed by atoms with Crippen LogP contribution in [0.15, 0.2) is 40.9 Å². The van der Waals surface area contributed by atoms with Crippen molar-refractivity contribution in [1.29, 1.82) is 0 Å². The minimum Gasteiger partial charge on any atom is -0.389 e. The third kappa shape index (κ3) is 3.79. The number of fused-ring (bicyclic) bond motifs is 1. The number of carbonyl (C=O) groups excluding carboxylic acids is 1. The number of aliphatic hydroxyl groups excluding tert-OH is 1. The zero-order chi connectivity index (χ0) is 14.5. The molecule has 0 saturated carbocycles. The first-order chi connectivity index (χ1) is 9.60. The van der Waals surface area contributed by atoms with Gasteiger partial charge in [0.1, 0.15) is 0 Å². The average Bonchev–Trinajstić information content (AvgIpc) is 2.44. The number of benzene rings is 2. The van der Waals surface area contributed by atoms with Gasteiger partial charge in [-0.15, -0.1) is 0 Å². The third-order valence-electron chi connectivity index (χ3n) is 2.92. The van der Waals surface area contributed by atoms with Crippen LogP contribution in [0.2, 0.25) is 0 Å². The number of halogens is 1. The number of hydrogen-bond acceptors (Lipinski definition) is 3. The lowest BCUT2D eigenvalue weighted by molar-refractivity contribution is 0.0610. The molecule has 0 radical (unpaired) electrons. The summed E-state index contributed by atoms with van der Waals surface area (Å²) in [5, 5.41) is 14.2. The zero-order valence-corrected chi connectivity index (χ0v) is 12.7. The topological polar surface area (TPSA) is 58.6 Å². The number of methoxy groups -OCH3 is 1. The fraction of sp³-hybridized carbons (Fsp3) is 0.267. The molecule has 0 fully saturated rings. The number of aliphatic hydroxyl groups is 1.